The van der Waals surface area contributed by atoms with Crippen molar-refractivity contribution in [1.29, 1.82) is 0 Å². The third kappa shape index (κ3) is 4.66. The second-order valence-corrected chi connectivity index (χ2v) is 5.19. The lowest BCUT2D eigenvalue weighted by Crippen LogP contribution is -2.13. The normalized spacial score (nSPS) is 12.6. The van der Waals surface area contributed by atoms with Gasteiger partial charge in [0.15, 0.2) is 6.61 Å². The highest BCUT2D eigenvalue weighted by molar-refractivity contribution is 5.20. The molecule has 0 fully saturated rings. The molecule has 0 saturated carbocycles. The predicted molar refractivity (Wildman–Crippen MR) is 74.2 cm³/mol. The molecule has 108 valence electrons. The number of hydrogen-bond donors (Lipinski definition) is 1. The van der Waals surface area contributed by atoms with Gasteiger partial charge in [0.25, 0.3) is 0 Å². The SMILES string of the molecule is CC(C)CC(O)Cc1nc(COc2ccccc2)no1. The first-order valence-corrected chi connectivity index (χ1v) is 6.81. The Morgan fingerprint density at radius 1 is 1.25 bits per heavy atom. The minimum absolute atomic E-state index is 0.258. The molecule has 1 N–H and O–H groups in total. The molecule has 5 heteroatoms. The van der Waals surface area contributed by atoms with Gasteiger partial charge in [-0.25, -0.2) is 0 Å². The third-order valence-corrected chi connectivity index (χ3v) is 2.78. The van der Waals surface area contributed by atoms with Gasteiger partial charge in [-0.05, 0) is 24.5 Å². The zero-order chi connectivity index (χ0) is 14.4. The second kappa shape index (κ2) is 7.05. The lowest BCUT2D eigenvalue weighted by molar-refractivity contribution is 0.138. The van der Waals surface area contributed by atoms with Crippen LogP contribution in [0, 0.1) is 5.92 Å². The van der Waals surface area contributed by atoms with Crippen LogP contribution in [0.15, 0.2) is 34.9 Å². The molecular weight excluding hydrogens is 256 g/mol. The Morgan fingerprint density at radius 3 is 2.70 bits per heavy atom. The third-order valence-electron chi connectivity index (χ3n) is 2.78. The van der Waals surface area contributed by atoms with Crippen LogP contribution in [0.5, 0.6) is 5.75 Å². The van der Waals surface area contributed by atoms with Crippen LogP contribution < -0.4 is 4.74 Å². The molecule has 2 rings (SSSR count). The zero-order valence-corrected chi connectivity index (χ0v) is 11.8. The Balaban J connectivity index is 1.83. The maximum atomic E-state index is 9.83. The maximum absolute atomic E-state index is 9.83. The van der Waals surface area contributed by atoms with Crippen LogP contribution in [0.2, 0.25) is 0 Å². The van der Waals surface area contributed by atoms with Crippen LogP contribution in [0.4, 0.5) is 0 Å². The minimum atomic E-state index is -0.446. The summed E-state index contributed by atoms with van der Waals surface area (Å²) in [7, 11) is 0. The number of aromatic nitrogens is 2. The van der Waals surface area contributed by atoms with Crippen molar-refractivity contribution in [2.24, 2.45) is 5.92 Å². The Bertz CT molecular complexity index is 511. The highest BCUT2D eigenvalue weighted by Gasteiger charge is 2.13. The Labute approximate surface area is 118 Å². The van der Waals surface area contributed by atoms with E-state index in [0.717, 1.165) is 12.2 Å². The van der Waals surface area contributed by atoms with Gasteiger partial charge < -0.3 is 14.4 Å². The quantitative estimate of drug-likeness (QED) is 0.841. The van der Waals surface area contributed by atoms with Gasteiger partial charge in [-0.3, -0.25) is 0 Å². The molecule has 0 spiro atoms. The van der Waals surface area contributed by atoms with Gasteiger partial charge in [-0.1, -0.05) is 37.2 Å². The average Bonchev–Trinajstić information content (AvgIpc) is 2.84. The van der Waals surface area contributed by atoms with E-state index in [2.05, 4.69) is 24.0 Å². The zero-order valence-electron chi connectivity index (χ0n) is 11.8. The van der Waals surface area contributed by atoms with Crippen molar-refractivity contribution >= 4 is 0 Å². The summed E-state index contributed by atoms with van der Waals surface area (Å²) in [4.78, 5) is 4.21. The van der Waals surface area contributed by atoms with E-state index in [1.807, 2.05) is 30.3 Å². The molecule has 20 heavy (non-hydrogen) atoms. The van der Waals surface area contributed by atoms with Gasteiger partial charge in [-0.2, -0.15) is 4.98 Å². The van der Waals surface area contributed by atoms with E-state index < -0.39 is 6.10 Å². The first kappa shape index (κ1) is 14.5. The van der Waals surface area contributed by atoms with Crippen molar-refractivity contribution in [3.8, 4) is 5.75 Å². The summed E-state index contributed by atoms with van der Waals surface area (Å²) in [6.45, 7) is 4.39. The molecule has 1 atom stereocenters. The molecule has 0 radical (unpaired) electrons. The number of nitrogens with zero attached hydrogens (tertiary/aromatic N) is 2. The van der Waals surface area contributed by atoms with Gasteiger partial charge in [0.2, 0.25) is 11.7 Å². The van der Waals surface area contributed by atoms with Gasteiger partial charge in [0, 0.05) is 0 Å². The number of aliphatic hydroxyl groups is 1. The van der Waals surface area contributed by atoms with E-state index in [0.29, 0.717) is 24.1 Å². The van der Waals surface area contributed by atoms with Crippen LogP contribution in [-0.4, -0.2) is 21.4 Å². The molecule has 0 aliphatic rings. The van der Waals surface area contributed by atoms with Crippen LogP contribution in [0.1, 0.15) is 32.0 Å². The summed E-state index contributed by atoms with van der Waals surface area (Å²) < 4.78 is 10.6. The number of ether oxygens (including phenoxy) is 1. The standard InChI is InChI=1S/C15H20N2O3/c1-11(2)8-12(18)9-15-16-14(17-20-15)10-19-13-6-4-3-5-7-13/h3-7,11-12,18H,8-10H2,1-2H3. The van der Waals surface area contributed by atoms with Crippen LogP contribution in [-0.2, 0) is 13.0 Å². The average molecular weight is 276 g/mol. The number of rotatable bonds is 7. The summed E-state index contributed by atoms with van der Waals surface area (Å²) in [5.74, 6) is 2.14. The second-order valence-electron chi connectivity index (χ2n) is 5.19. The predicted octanol–water partition coefficient (Wildman–Crippen LogP) is 2.60. The van der Waals surface area contributed by atoms with Crippen molar-refractivity contribution in [1.82, 2.24) is 10.1 Å². The summed E-state index contributed by atoms with van der Waals surface area (Å²) in [6.07, 6.45) is 0.660. The summed E-state index contributed by atoms with van der Waals surface area (Å²) in [5.41, 5.74) is 0. The molecular formula is C15H20N2O3. The smallest absolute Gasteiger partial charge is 0.229 e. The molecule has 0 amide bonds. The molecule has 0 bridgehead atoms. The Hall–Kier alpha value is -1.88. The first-order chi connectivity index (χ1) is 9.63. The van der Waals surface area contributed by atoms with E-state index in [9.17, 15) is 5.11 Å². The molecule has 1 aromatic carbocycles. The highest BCUT2D eigenvalue weighted by atomic mass is 16.5. The van der Waals surface area contributed by atoms with E-state index in [1.54, 1.807) is 0 Å². The van der Waals surface area contributed by atoms with Crippen LogP contribution >= 0.6 is 0 Å². The minimum Gasteiger partial charge on any atom is -0.485 e. The molecule has 5 nitrogen and oxygen atoms in total. The first-order valence-electron chi connectivity index (χ1n) is 6.81. The monoisotopic (exact) mass is 276 g/mol. The molecule has 1 heterocycles. The van der Waals surface area contributed by atoms with Gasteiger partial charge >= 0.3 is 0 Å². The lowest BCUT2D eigenvalue weighted by Gasteiger charge is -2.09. The number of hydrogen-bond acceptors (Lipinski definition) is 5. The van der Waals surface area contributed by atoms with E-state index >= 15 is 0 Å². The topological polar surface area (TPSA) is 68.4 Å². The van der Waals surface area contributed by atoms with Crippen molar-refractivity contribution < 1.29 is 14.4 Å². The summed E-state index contributed by atoms with van der Waals surface area (Å²) in [5, 5.41) is 13.7. The van der Waals surface area contributed by atoms with E-state index in [4.69, 9.17) is 9.26 Å². The number of benzene rings is 1. The largest absolute Gasteiger partial charge is 0.485 e. The van der Waals surface area contributed by atoms with Crippen molar-refractivity contribution in [2.45, 2.75) is 39.4 Å². The lowest BCUT2D eigenvalue weighted by atomic mass is 10.0. The number of para-hydroxylation sites is 1. The maximum Gasteiger partial charge on any atom is 0.229 e. The highest BCUT2D eigenvalue weighted by Crippen LogP contribution is 2.12. The van der Waals surface area contributed by atoms with Gasteiger partial charge in [-0.15, -0.1) is 0 Å². The van der Waals surface area contributed by atoms with Crippen LogP contribution in [0.25, 0.3) is 0 Å². The van der Waals surface area contributed by atoms with E-state index in [1.165, 1.54) is 0 Å². The Morgan fingerprint density at radius 2 is 2.00 bits per heavy atom. The fraction of sp³-hybridized carbons (Fsp3) is 0.467. The fourth-order valence-electron chi connectivity index (χ4n) is 1.93. The molecule has 1 unspecified atom stereocenters. The summed E-state index contributed by atoms with van der Waals surface area (Å²) >= 11 is 0. The summed E-state index contributed by atoms with van der Waals surface area (Å²) in [6, 6.07) is 9.47. The fourth-order valence-corrected chi connectivity index (χ4v) is 1.93. The molecule has 1 aromatic heterocycles. The number of aliphatic hydroxyl groups excluding tert-OH is 1. The molecule has 0 saturated heterocycles. The van der Waals surface area contributed by atoms with Gasteiger partial charge in [0.05, 0.1) is 12.5 Å². The van der Waals surface area contributed by atoms with E-state index in [-0.39, 0.29) is 6.61 Å². The Kier molecular flexibility index (Phi) is 5.12. The van der Waals surface area contributed by atoms with Crippen molar-refractivity contribution in [3.63, 3.8) is 0 Å². The van der Waals surface area contributed by atoms with Crippen molar-refractivity contribution in [2.75, 3.05) is 0 Å². The molecule has 0 aliphatic heterocycles. The van der Waals surface area contributed by atoms with Gasteiger partial charge in [0.1, 0.15) is 5.75 Å². The van der Waals surface area contributed by atoms with Crippen LogP contribution in [0.3, 0.4) is 0 Å². The molecule has 0 aliphatic carbocycles. The van der Waals surface area contributed by atoms with Crippen molar-refractivity contribution in [3.05, 3.63) is 42.0 Å². The molecule has 2 aromatic rings.